The first-order valence-corrected chi connectivity index (χ1v) is 7.19. The monoisotopic (exact) mass is 282 g/mol. The summed E-state index contributed by atoms with van der Waals surface area (Å²) in [5.41, 5.74) is 2.59. The Balaban J connectivity index is 1.97. The van der Waals surface area contributed by atoms with Crippen LogP contribution in [0.25, 0.3) is 0 Å². The first kappa shape index (κ1) is 12.6. The van der Waals surface area contributed by atoms with Crippen molar-refractivity contribution < 1.29 is 10.9 Å². The predicted octanol–water partition coefficient (Wildman–Crippen LogP) is 3.96. The van der Waals surface area contributed by atoms with Crippen LogP contribution in [0.5, 0.6) is 0 Å². The van der Waals surface area contributed by atoms with Gasteiger partial charge in [-0.25, -0.2) is 0 Å². The molecule has 0 N–H and O–H groups in total. The van der Waals surface area contributed by atoms with Crippen LogP contribution in [0.2, 0.25) is 0 Å². The predicted molar refractivity (Wildman–Crippen MR) is 83.3 cm³/mol. The van der Waals surface area contributed by atoms with Gasteiger partial charge in [0.15, 0.2) is 0 Å². The first-order valence-electron chi connectivity index (χ1n) is 7.77. The molecule has 0 unspecified atom stereocenters. The van der Waals surface area contributed by atoms with E-state index in [2.05, 4.69) is 5.16 Å². The molecule has 1 aliphatic heterocycles. The Morgan fingerprint density at radius 2 is 1.81 bits per heavy atom. The number of rotatable bonds is 4. The summed E-state index contributed by atoms with van der Waals surface area (Å²) in [6.45, 7) is 2.44. The second-order valence-corrected chi connectivity index (χ2v) is 4.87. The number of nitrogens with zero attached hydrogens (tertiary/aromatic N) is 1. The van der Waals surface area contributed by atoms with Crippen molar-refractivity contribution in [2.45, 2.75) is 25.5 Å². The number of hydrogen-bond donors (Lipinski definition) is 0. The van der Waals surface area contributed by atoms with Crippen LogP contribution >= 0.6 is 0 Å². The van der Waals surface area contributed by atoms with E-state index in [1.165, 1.54) is 0 Å². The van der Waals surface area contributed by atoms with Crippen molar-refractivity contribution >= 4 is 5.71 Å². The Labute approximate surface area is 126 Å². The van der Waals surface area contributed by atoms with Crippen LogP contribution in [0.3, 0.4) is 0 Å². The summed E-state index contributed by atoms with van der Waals surface area (Å²) in [7, 11) is 0. The Kier molecular flexibility index (Phi) is 3.93. The molecule has 3 rings (SSSR count). The number of benzene rings is 2. The average molecular weight is 282 g/mol. The molecule has 1 heterocycles. The van der Waals surface area contributed by atoms with Gasteiger partial charge in [-0.1, -0.05) is 65.8 Å². The maximum absolute atomic E-state index is 8.68. The van der Waals surface area contributed by atoms with Crippen LogP contribution in [0.4, 0.5) is 0 Å². The number of ether oxygens (including phenoxy) is 1. The zero-order valence-corrected chi connectivity index (χ0v) is 12.0. The molecule has 0 radical (unpaired) electrons. The zero-order chi connectivity index (χ0) is 15.4. The highest BCUT2D eigenvalue weighted by Crippen LogP contribution is 2.32. The number of oxime groups is 1. The summed E-state index contributed by atoms with van der Waals surface area (Å²) in [5.74, 6) is -0.200. The Hall–Kier alpha value is -2.13. The third-order valence-electron chi connectivity index (χ3n) is 3.47. The van der Waals surface area contributed by atoms with E-state index in [0.29, 0.717) is 12.3 Å². The molecular weight excluding hydrogens is 262 g/mol. The SMILES string of the molecule is [2H][C@H]1C(c2ccccc2)=NO[C@@H](OCC)[C@@H]1c1ccccc1. The Morgan fingerprint density at radius 1 is 1.14 bits per heavy atom. The maximum atomic E-state index is 8.68. The minimum atomic E-state index is -0.532. The molecule has 2 aromatic carbocycles. The fourth-order valence-corrected chi connectivity index (χ4v) is 2.44. The summed E-state index contributed by atoms with van der Waals surface area (Å²) in [6, 6.07) is 19.7. The molecule has 3 heteroatoms. The second-order valence-electron chi connectivity index (χ2n) is 4.87. The standard InChI is InChI=1S/C18H19NO2/c1-2-20-18-16(14-9-5-3-6-10-14)13-17(19-21-18)15-11-7-4-8-12-15/h3-12,16,18H,2,13H2,1H3/t16-,18+/m0/s1/i13D/t13-,16+,18-/m1. The van der Waals surface area contributed by atoms with Gasteiger partial charge >= 0.3 is 0 Å². The van der Waals surface area contributed by atoms with Crippen molar-refractivity contribution in [3.63, 3.8) is 0 Å². The van der Waals surface area contributed by atoms with Gasteiger partial charge in [0, 0.05) is 14.4 Å². The molecule has 1 aliphatic rings. The molecule has 0 saturated carbocycles. The molecule has 2 aromatic rings. The lowest BCUT2D eigenvalue weighted by Gasteiger charge is -2.29. The van der Waals surface area contributed by atoms with Crippen LogP contribution < -0.4 is 0 Å². The van der Waals surface area contributed by atoms with Crippen LogP contribution in [-0.2, 0) is 9.57 Å². The van der Waals surface area contributed by atoms with Gasteiger partial charge in [0.05, 0.1) is 11.6 Å². The minimum Gasteiger partial charge on any atom is -0.363 e. The van der Waals surface area contributed by atoms with Crippen molar-refractivity contribution in [3.8, 4) is 0 Å². The number of hydrogen-bond acceptors (Lipinski definition) is 3. The quantitative estimate of drug-likeness (QED) is 0.850. The van der Waals surface area contributed by atoms with Gasteiger partial charge in [-0.15, -0.1) is 0 Å². The smallest absolute Gasteiger partial charge is 0.234 e. The van der Waals surface area contributed by atoms with Crippen LogP contribution in [-0.4, -0.2) is 18.6 Å². The van der Waals surface area contributed by atoms with Crippen molar-refractivity contribution in [2.24, 2.45) is 5.16 Å². The highest BCUT2D eigenvalue weighted by molar-refractivity contribution is 6.00. The van der Waals surface area contributed by atoms with Gasteiger partial charge in [0.25, 0.3) is 0 Å². The lowest BCUT2D eigenvalue weighted by atomic mass is 9.90. The molecule has 0 spiro atoms. The second kappa shape index (κ2) is 6.55. The van der Waals surface area contributed by atoms with Crippen molar-refractivity contribution in [1.29, 1.82) is 0 Å². The van der Waals surface area contributed by atoms with E-state index in [1.807, 2.05) is 67.6 Å². The molecule has 0 fully saturated rings. The highest BCUT2D eigenvalue weighted by Gasteiger charge is 2.31. The summed E-state index contributed by atoms with van der Waals surface area (Å²) in [6.07, 6.45) is -1.06. The molecule has 3 nitrogen and oxygen atoms in total. The van der Waals surface area contributed by atoms with Gasteiger partial charge in [0.2, 0.25) is 6.29 Å². The van der Waals surface area contributed by atoms with E-state index in [4.69, 9.17) is 10.9 Å². The zero-order valence-electron chi connectivity index (χ0n) is 13.0. The van der Waals surface area contributed by atoms with Gasteiger partial charge in [-0.3, -0.25) is 0 Å². The lowest BCUT2D eigenvalue weighted by Crippen LogP contribution is -2.30. The largest absolute Gasteiger partial charge is 0.363 e. The molecule has 0 bridgehead atoms. The summed E-state index contributed by atoms with van der Waals surface area (Å²) in [4.78, 5) is 5.57. The highest BCUT2D eigenvalue weighted by atomic mass is 16.8. The Bertz CT molecular complexity index is 630. The van der Waals surface area contributed by atoms with Crippen LogP contribution in [0.1, 0.15) is 31.7 Å². The van der Waals surface area contributed by atoms with Gasteiger partial charge < -0.3 is 9.57 Å². The first-order chi connectivity index (χ1) is 10.8. The van der Waals surface area contributed by atoms with E-state index in [1.54, 1.807) is 0 Å². The van der Waals surface area contributed by atoms with Crippen molar-refractivity contribution in [2.75, 3.05) is 6.61 Å². The summed E-state index contributed by atoms with van der Waals surface area (Å²) in [5, 5.41) is 4.16. The molecule has 0 amide bonds. The molecule has 0 aromatic heterocycles. The van der Waals surface area contributed by atoms with E-state index in [9.17, 15) is 0 Å². The van der Waals surface area contributed by atoms with Crippen LogP contribution in [0, 0.1) is 0 Å². The van der Waals surface area contributed by atoms with Gasteiger partial charge in [-0.05, 0) is 18.1 Å². The third-order valence-corrected chi connectivity index (χ3v) is 3.47. The maximum Gasteiger partial charge on any atom is 0.234 e. The average Bonchev–Trinajstić information content (AvgIpc) is 2.57. The van der Waals surface area contributed by atoms with Gasteiger partial charge in [0.1, 0.15) is 0 Å². The van der Waals surface area contributed by atoms with E-state index >= 15 is 0 Å². The topological polar surface area (TPSA) is 30.8 Å². The fraction of sp³-hybridized carbons (Fsp3) is 0.278. The molecule has 0 aliphatic carbocycles. The Morgan fingerprint density at radius 3 is 2.48 bits per heavy atom. The molecular formula is C18H19NO2. The van der Waals surface area contributed by atoms with E-state index < -0.39 is 12.7 Å². The fourth-order valence-electron chi connectivity index (χ4n) is 2.44. The normalized spacial score (nSPS) is 25.7. The summed E-state index contributed by atoms with van der Waals surface area (Å²) >= 11 is 0. The van der Waals surface area contributed by atoms with E-state index in [0.717, 1.165) is 11.1 Å². The molecule has 3 atom stereocenters. The van der Waals surface area contributed by atoms with E-state index in [-0.39, 0.29) is 5.92 Å². The minimum absolute atomic E-state index is 0.200. The lowest BCUT2D eigenvalue weighted by molar-refractivity contribution is -0.158. The van der Waals surface area contributed by atoms with Crippen molar-refractivity contribution in [1.82, 2.24) is 0 Å². The van der Waals surface area contributed by atoms with Crippen LogP contribution in [0.15, 0.2) is 65.8 Å². The van der Waals surface area contributed by atoms with Gasteiger partial charge in [-0.2, -0.15) is 0 Å². The molecule has 21 heavy (non-hydrogen) atoms. The summed E-state index contributed by atoms with van der Waals surface area (Å²) < 4.78 is 14.3. The molecule has 108 valence electrons. The third kappa shape index (κ3) is 3.14. The van der Waals surface area contributed by atoms with Crippen molar-refractivity contribution in [3.05, 3.63) is 71.8 Å². The molecule has 0 saturated heterocycles.